The maximum absolute atomic E-state index is 14.5. The van der Waals surface area contributed by atoms with Crippen LogP contribution in [0.3, 0.4) is 0 Å². The normalized spacial score (nSPS) is 19.1. The van der Waals surface area contributed by atoms with Gasteiger partial charge < -0.3 is 20.5 Å². The number of halogens is 1. The van der Waals surface area contributed by atoms with Crippen molar-refractivity contribution in [3.05, 3.63) is 35.7 Å². The van der Waals surface area contributed by atoms with E-state index < -0.39 is 11.4 Å². The second-order valence-electron chi connectivity index (χ2n) is 10.1. The van der Waals surface area contributed by atoms with Gasteiger partial charge in [-0.2, -0.15) is 9.61 Å². The van der Waals surface area contributed by atoms with Gasteiger partial charge in [-0.1, -0.05) is 6.92 Å². The lowest BCUT2D eigenvalue weighted by Crippen LogP contribution is -2.39. The monoisotopic (exact) mass is 482 g/mol. The predicted molar refractivity (Wildman–Crippen MR) is 131 cm³/mol. The summed E-state index contributed by atoms with van der Waals surface area (Å²) in [4.78, 5) is 11.5. The largest absolute Gasteiger partial charge is 0.494 e. The Morgan fingerprint density at radius 1 is 1.23 bits per heavy atom. The number of piperidine rings is 1. The molecule has 0 amide bonds. The van der Waals surface area contributed by atoms with Crippen LogP contribution in [-0.4, -0.2) is 61.3 Å². The van der Waals surface area contributed by atoms with Crippen LogP contribution in [0.15, 0.2) is 18.3 Å². The number of aromatic nitrogens is 6. The molecule has 35 heavy (non-hydrogen) atoms. The molecule has 0 spiro atoms. The van der Waals surface area contributed by atoms with Gasteiger partial charge in [0.05, 0.1) is 36.2 Å². The van der Waals surface area contributed by atoms with Gasteiger partial charge in [0.2, 0.25) is 5.95 Å². The van der Waals surface area contributed by atoms with E-state index >= 15 is 0 Å². The second kappa shape index (κ2) is 8.33. The van der Waals surface area contributed by atoms with Gasteiger partial charge in [-0.05, 0) is 39.2 Å². The third-order valence-electron chi connectivity index (χ3n) is 6.83. The molecule has 1 aliphatic rings. The first kappa shape index (κ1) is 23.3. The molecule has 5 rings (SSSR count). The molecule has 0 saturated carbocycles. The van der Waals surface area contributed by atoms with Crippen LogP contribution in [-0.2, 0) is 5.54 Å². The summed E-state index contributed by atoms with van der Waals surface area (Å²) in [5.74, 6) is 0.885. The van der Waals surface area contributed by atoms with Crippen LogP contribution in [0.25, 0.3) is 16.6 Å². The lowest BCUT2D eigenvalue weighted by atomic mass is 9.89. The molecule has 0 aliphatic carbocycles. The Labute approximate surface area is 202 Å². The average Bonchev–Trinajstić information content (AvgIpc) is 3.44. The number of benzene rings is 1. The summed E-state index contributed by atoms with van der Waals surface area (Å²) < 4.78 is 22.9. The van der Waals surface area contributed by atoms with Gasteiger partial charge in [0.15, 0.2) is 23.0 Å². The zero-order valence-corrected chi connectivity index (χ0v) is 20.7. The molecule has 3 aromatic heterocycles. The minimum absolute atomic E-state index is 0.00631. The number of fused-ring (bicyclic) bond motifs is 3. The summed E-state index contributed by atoms with van der Waals surface area (Å²) in [5.41, 5.74) is 8.62. The lowest BCUT2D eigenvalue weighted by molar-refractivity contribution is 0.152. The first-order valence-corrected chi connectivity index (χ1v) is 11.7. The quantitative estimate of drug-likeness (QED) is 0.446. The SMILES string of the molecule is COc1cc2nc(N)n3nc([C@@H]4C[C@H](C)CN(c5cn(C(C)(C)CO)nc5C)C4)nc3c2cc1F. The van der Waals surface area contributed by atoms with Crippen molar-refractivity contribution in [2.45, 2.75) is 45.6 Å². The van der Waals surface area contributed by atoms with E-state index in [1.165, 1.54) is 23.8 Å². The zero-order valence-electron chi connectivity index (χ0n) is 20.7. The zero-order chi connectivity index (χ0) is 25.1. The van der Waals surface area contributed by atoms with Crippen LogP contribution in [0, 0.1) is 18.7 Å². The molecule has 0 radical (unpaired) electrons. The summed E-state index contributed by atoms with van der Waals surface area (Å²) >= 11 is 0. The number of ether oxygens (including phenoxy) is 1. The maximum atomic E-state index is 14.5. The number of aryl methyl sites for hydroxylation is 1. The van der Waals surface area contributed by atoms with E-state index in [0.29, 0.717) is 34.8 Å². The van der Waals surface area contributed by atoms with E-state index in [1.54, 1.807) is 0 Å². The van der Waals surface area contributed by atoms with Gasteiger partial charge in [-0.25, -0.2) is 14.4 Å². The van der Waals surface area contributed by atoms with Crippen molar-refractivity contribution in [3.63, 3.8) is 0 Å². The van der Waals surface area contributed by atoms with Gasteiger partial charge in [0, 0.05) is 36.7 Å². The number of rotatable bonds is 5. The number of aliphatic hydroxyl groups is 1. The third-order valence-corrected chi connectivity index (χ3v) is 6.83. The fourth-order valence-electron chi connectivity index (χ4n) is 4.86. The van der Waals surface area contributed by atoms with Crippen LogP contribution in [0.2, 0.25) is 0 Å². The molecule has 1 aromatic carbocycles. The number of methoxy groups -OCH3 is 1. The number of aliphatic hydroxyl groups excluding tert-OH is 1. The molecular weight excluding hydrogens is 451 g/mol. The molecule has 4 aromatic rings. The van der Waals surface area contributed by atoms with Crippen LogP contribution in [0.5, 0.6) is 5.75 Å². The van der Waals surface area contributed by atoms with Crippen LogP contribution < -0.4 is 15.4 Å². The third kappa shape index (κ3) is 3.93. The van der Waals surface area contributed by atoms with E-state index in [2.05, 4.69) is 27.0 Å². The van der Waals surface area contributed by atoms with E-state index in [0.717, 1.165) is 24.3 Å². The highest BCUT2D eigenvalue weighted by molar-refractivity contribution is 5.93. The highest BCUT2D eigenvalue weighted by atomic mass is 19.1. The Hall–Kier alpha value is -3.47. The van der Waals surface area contributed by atoms with Gasteiger partial charge >= 0.3 is 0 Å². The summed E-state index contributed by atoms with van der Waals surface area (Å²) in [6.45, 7) is 9.68. The smallest absolute Gasteiger partial charge is 0.223 e. The van der Waals surface area contributed by atoms with E-state index in [9.17, 15) is 9.50 Å². The highest BCUT2D eigenvalue weighted by Gasteiger charge is 2.32. The molecule has 11 heteroatoms. The van der Waals surface area contributed by atoms with Crippen LogP contribution in [0.1, 0.15) is 44.6 Å². The molecule has 0 unspecified atom stereocenters. The summed E-state index contributed by atoms with van der Waals surface area (Å²) in [7, 11) is 1.41. The number of nitrogens with zero attached hydrogens (tertiary/aromatic N) is 7. The number of anilines is 2. The van der Waals surface area contributed by atoms with Crippen LogP contribution >= 0.6 is 0 Å². The molecule has 10 nitrogen and oxygen atoms in total. The topological polar surface area (TPSA) is 120 Å². The van der Waals surface area contributed by atoms with Crippen molar-refractivity contribution in [2.75, 3.05) is 37.4 Å². The minimum atomic E-state index is -0.492. The van der Waals surface area contributed by atoms with E-state index in [-0.39, 0.29) is 24.2 Å². The molecule has 186 valence electrons. The minimum Gasteiger partial charge on any atom is -0.494 e. The van der Waals surface area contributed by atoms with Crippen LogP contribution in [0.4, 0.5) is 16.0 Å². The predicted octanol–water partition coefficient (Wildman–Crippen LogP) is 2.87. The number of hydrogen-bond acceptors (Lipinski definition) is 8. The molecule has 2 atom stereocenters. The lowest BCUT2D eigenvalue weighted by Gasteiger charge is -2.36. The maximum Gasteiger partial charge on any atom is 0.223 e. The summed E-state index contributed by atoms with van der Waals surface area (Å²) in [5, 5.41) is 19.6. The number of hydrogen-bond donors (Lipinski definition) is 2. The Balaban J connectivity index is 1.53. The Morgan fingerprint density at radius 3 is 2.71 bits per heavy atom. The van der Waals surface area contributed by atoms with Crippen molar-refractivity contribution in [1.82, 2.24) is 29.4 Å². The summed E-state index contributed by atoms with van der Waals surface area (Å²) in [6.07, 6.45) is 2.92. The van der Waals surface area contributed by atoms with Crippen molar-refractivity contribution in [3.8, 4) is 5.75 Å². The Morgan fingerprint density at radius 2 is 2.00 bits per heavy atom. The van der Waals surface area contributed by atoms with Gasteiger partial charge in [-0.15, -0.1) is 5.10 Å². The van der Waals surface area contributed by atoms with E-state index in [1.807, 2.05) is 31.6 Å². The fourth-order valence-corrected chi connectivity index (χ4v) is 4.86. The average molecular weight is 483 g/mol. The van der Waals surface area contributed by atoms with Crippen molar-refractivity contribution < 1.29 is 14.2 Å². The Kier molecular flexibility index (Phi) is 5.54. The van der Waals surface area contributed by atoms with Crippen molar-refractivity contribution >= 4 is 28.2 Å². The standard InChI is InChI=1S/C24H31FN8O2/c1-13-6-15(10-31(9-13)19-11-32(29-14(19)2)24(3,4)12-34)21-28-22-16-7-17(25)20(35-5)8-18(16)27-23(26)33(22)30-21/h7-8,11,13,15,34H,6,9-10,12H2,1-5H3,(H2,26,27)/t13-,15+/m0/s1. The summed E-state index contributed by atoms with van der Waals surface area (Å²) in [6, 6.07) is 2.89. The van der Waals surface area contributed by atoms with Gasteiger partial charge in [0.1, 0.15) is 0 Å². The first-order chi connectivity index (χ1) is 16.6. The molecule has 0 bridgehead atoms. The first-order valence-electron chi connectivity index (χ1n) is 11.7. The van der Waals surface area contributed by atoms with Crippen molar-refractivity contribution in [1.29, 1.82) is 0 Å². The highest BCUT2D eigenvalue weighted by Crippen LogP contribution is 2.35. The molecular formula is C24H31FN8O2. The molecule has 1 aliphatic heterocycles. The van der Waals surface area contributed by atoms with Gasteiger partial charge in [0.25, 0.3) is 0 Å². The molecule has 1 saturated heterocycles. The van der Waals surface area contributed by atoms with Gasteiger partial charge in [-0.3, -0.25) is 4.68 Å². The number of nitrogen functional groups attached to an aromatic ring is 1. The van der Waals surface area contributed by atoms with Crippen molar-refractivity contribution in [2.24, 2.45) is 5.92 Å². The second-order valence-corrected chi connectivity index (χ2v) is 10.1. The molecule has 3 N–H and O–H groups in total. The fraction of sp³-hybridized carbons (Fsp3) is 0.500. The molecule has 1 fully saturated rings. The number of nitrogens with two attached hydrogens (primary N) is 1. The van der Waals surface area contributed by atoms with E-state index in [4.69, 9.17) is 15.5 Å². The Bertz CT molecular complexity index is 1410. The molecule has 4 heterocycles.